The lowest BCUT2D eigenvalue weighted by Crippen LogP contribution is -1.76. The summed E-state index contributed by atoms with van der Waals surface area (Å²) in [6, 6.07) is 0. The fourth-order valence-corrected chi connectivity index (χ4v) is 1.06. The van der Waals surface area contributed by atoms with Gasteiger partial charge in [0.05, 0.1) is 0 Å². The molecule has 0 aromatic rings. The molecule has 0 radical (unpaired) electrons. The van der Waals surface area contributed by atoms with Crippen LogP contribution in [0.15, 0.2) is 0 Å². The second-order valence-electron chi connectivity index (χ2n) is 1.75. The fraction of sp³-hybridized carbons (Fsp3) is 0.800. The molecule has 0 aliphatic heterocycles. The van der Waals surface area contributed by atoms with E-state index in [0.29, 0.717) is 0 Å². The first-order valence-corrected chi connectivity index (χ1v) is 2.82. The molecule has 1 saturated carbocycles. The highest BCUT2D eigenvalue weighted by Crippen LogP contribution is 2.13. The molecule has 0 aromatic carbocycles. The normalized spacial score (nSPS) is 22.3. The summed E-state index contributed by atoms with van der Waals surface area (Å²) in [4.78, 5) is 1.29. The molecule has 6 heavy (non-hydrogen) atoms. The monoisotopic (exact) mass is 100 g/mol. The molecule has 0 atom stereocenters. The third-order valence-electron chi connectivity index (χ3n) is 1.16. The summed E-state index contributed by atoms with van der Waals surface area (Å²) < 4.78 is 0. The molecule has 34 valence electrons. The van der Waals surface area contributed by atoms with E-state index in [1.54, 1.807) is 0 Å². The van der Waals surface area contributed by atoms with Gasteiger partial charge in [-0.15, -0.1) is 0 Å². The Morgan fingerprint density at radius 3 is 1.83 bits per heavy atom. The number of hydrogen-bond acceptors (Lipinski definition) is 1. The summed E-state index contributed by atoms with van der Waals surface area (Å²) in [5.41, 5.74) is 0. The van der Waals surface area contributed by atoms with Gasteiger partial charge < -0.3 is 0 Å². The molecule has 0 nitrogen and oxygen atoms in total. The van der Waals surface area contributed by atoms with Crippen LogP contribution in [-0.2, 0) is 0 Å². The van der Waals surface area contributed by atoms with Gasteiger partial charge in [-0.1, -0.05) is 12.2 Å². The summed E-state index contributed by atoms with van der Waals surface area (Å²) >= 11 is 4.92. The van der Waals surface area contributed by atoms with Crippen molar-refractivity contribution in [3.05, 3.63) is 0 Å². The largest absolute Gasteiger partial charge is 0.0897 e. The third kappa shape index (κ3) is 0.777. The lowest BCUT2D eigenvalue weighted by molar-refractivity contribution is 0.886. The van der Waals surface area contributed by atoms with Gasteiger partial charge in [-0.3, -0.25) is 0 Å². The predicted octanol–water partition coefficient (Wildman–Crippen LogP) is 1.93. The van der Waals surface area contributed by atoms with Crippen LogP contribution in [0.3, 0.4) is 0 Å². The summed E-state index contributed by atoms with van der Waals surface area (Å²) in [7, 11) is 0. The van der Waals surface area contributed by atoms with Gasteiger partial charge in [0, 0.05) is 0 Å². The Morgan fingerprint density at radius 1 is 1.17 bits per heavy atom. The molecule has 1 aliphatic carbocycles. The maximum absolute atomic E-state index is 4.92. The number of thiocarbonyl (C=S) groups is 1. The van der Waals surface area contributed by atoms with Crippen LogP contribution in [0.25, 0.3) is 0 Å². The van der Waals surface area contributed by atoms with Crippen LogP contribution in [-0.4, -0.2) is 4.86 Å². The van der Waals surface area contributed by atoms with Crippen molar-refractivity contribution in [2.75, 3.05) is 0 Å². The van der Waals surface area contributed by atoms with Gasteiger partial charge in [0.15, 0.2) is 0 Å². The highest BCUT2D eigenvalue weighted by molar-refractivity contribution is 7.80. The van der Waals surface area contributed by atoms with Crippen molar-refractivity contribution in [2.45, 2.75) is 25.7 Å². The Kier molecular flexibility index (Phi) is 1.20. The summed E-state index contributed by atoms with van der Waals surface area (Å²) in [5, 5.41) is 0. The molecule has 0 N–H and O–H groups in total. The standard InChI is InChI=1S/C5H8S/c6-5-3-1-2-4-5/h1-4H2. The van der Waals surface area contributed by atoms with Crippen LogP contribution >= 0.6 is 12.2 Å². The summed E-state index contributed by atoms with van der Waals surface area (Å²) in [6.07, 6.45) is 5.13. The molecular formula is C5H8S. The Bertz CT molecular complexity index is 58.3. The Hall–Kier alpha value is 0.0900. The first kappa shape index (κ1) is 4.25. The average molecular weight is 100 g/mol. The zero-order valence-electron chi connectivity index (χ0n) is 3.74. The van der Waals surface area contributed by atoms with E-state index in [1.807, 2.05) is 0 Å². The minimum atomic E-state index is 1.22. The highest BCUT2D eigenvalue weighted by Gasteiger charge is 2.03. The van der Waals surface area contributed by atoms with Crippen molar-refractivity contribution in [3.63, 3.8) is 0 Å². The van der Waals surface area contributed by atoms with E-state index in [9.17, 15) is 0 Å². The molecule has 1 heteroatoms. The Morgan fingerprint density at radius 2 is 1.67 bits per heavy atom. The van der Waals surface area contributed by atoms with Gasteiger partial charge in [0.1, 0.15) is 0 Å². The van der Waals surface area contributed by atoms with E-state index in [-0.39, 0.29) is 0 Å². The molecule has 0 saturated heterocycles. The minimum Gasteiger partial charge on any atom is -0.0897 e. The lowest BCUT2D eigenvalue weighted by Gasteiger charge is -1.76. The quantitative estimate of drug-likeness (QED) is 0.419. The maximum atomic E-state index is 4.92. The SMILES string of the molecule is S=C1CCCC1. The topological polar surface area (TPSA) is 0 Å². The van der Waals surface area contributed by atoms with E-state index in [4.69, 9.17) is 12.2 Å². The molecule has 1 rings (SSSR count). The second kappa shape index (κ2) is 1.69. The van der Waals surface area contributed by atoms with Crippen LogP contribution < -0.4 is 0 Å². The number of hydrogen-bond donors (Lipinski definition) is 0. The van der Waals surface area contributed by atoms with Crippen molar-refractivity contribution in [1.82, 2.24) is 0 Å². The molecule has 0 aromatic heterocycles. The molecular weight excluding hydrogens is 92.1 g/mol. The van der Waals surface area contributed by atoms with E-state index < -0.39 is 0 Å². The fourth-order valence-electron chi connectivity index (χ4n) is 0.769. The second-order valence-corrected chi connectivity index (χ2v) is 2.32. The lowest BCUT2D eigenvalue weighted by atomic mass is 10.4. The molecule has 0 bridgehead atoms. The first-order valence-electron chi connectivity index (χ1n) is 2.41. The van der Waals surface area contributed by atoms with E-state index >= 15 is 0 Å². The van der Waals surface area contributed by atoms with Crippen molar-refractivity contribution < 1.29 is 0 Å². The van der Waals surface area contributed by atoms with Crippen LogP contribution in [0.4, 0.5) is 0 Å². The molecule has 0 amide bonds. The van der Waals surface area contributed by atoms with Crippen LogP contribution in [0.2, 0.25) is 0 Å². The average Bonchev–Trinajstić information content (AvgIpc) is 1.86. The van der Waals surface area contributed by atoms with Crippen molar-refractivity contribution in [1.29, 1.82) is 0 Å². The van der Waals surface area contributed by atoms with Gasteiger partial charge in [-0.25, -0.2) is 0 Å². The van der Waals surface area contributed by atoms with Crippen molar-refractivity contribution in [2.24, 2.45) is 0 Å². The van der Waals surface area contributed by atoms with Crippen molar-refractivity contribution >= 4 is 17.1 Å². The summed E-state index contributed by atoms with van der Waals surface area (Å²) in [5.74, 6) is 0. The van der Waals surface area contributed by atoms with Crippen molar-refractivity contribution in [3.8, 4) is 0 Å². The molecule has 1 aliphatic rings. The Balaban J connectivity index is 2.37. The molecule has 1 fully saturated rings. The van der Waals surface area contributed by atoms with Crippen LogP contribution in [0.1, 0.15) is 25.7 Å². The predicted molar refractivity (Wildman–Crippen MR) is 31.1 cm³/mol. The number of rotatable bonds is 0. The van der Waals surface area contributed by atoms with E-state index in [1.165, 1.54) is 30.5 Å². The van der Waals surface area contributed by atoms with E-state index in [2.05, 4.69) is 0 Å². The molecule has 0 spiro atoms. The van der Waals surface area contributed by atoms with Gasteiger partial charge in [0.25, 0.3) is 0 Å². The van der Waals surface area contributed by atoms with Gasteiger partial charge >= 0.3 is 0 Å². The maximum Gasteiger partial charge on any atom is -0.00715 e. The molecule has 0 unspecified atom stereocenters. The van der Waals surface area contributed by atoms with Gasteiger partial charge in [-0.2, -0.15) is 0 Å². The summed E-state index contributed by atoms with van der Waals surface area (Å²) in [6.45, 7) is 0. The first-order chi connectivity index (χ1) is 2.89. The van der Waals surface area contributed by atoms with E-state index in [0.717, 1.165) is 0 Å². The smallest absolute Gasteiger partial charge is 0.00715 e. The van der Waals surface area contributed by atoms with Gasteiger partial charge in [0.2, 0.25) is 0 Å². The van der Waals surface area contributed by atoms with Crippen LogP contribution in [0, 0.1) is 0 Å². The highest BCUT2D eigenvalue weighted by atomic mass is 32.1. The minimum absolute atomic E-state index is 1.22. The van der Waals surface area contributed by atoms with Crippen LogP contribution in [0.5, 0.6) is 0 Å². The Labute approximate surface area is 43.6 Å². The molecule has 0 heterocycles. The van der Waals surface area contributed by atoms with Gasteiger partial charge in [-0.05, 0) is 30.5 Å². The zero-order chi connectivity index (χ0) is 4.41. The zero-order valence-corrected chi connectivity index (χ0v) is 4.55. The third-order valence-corrected chi connectivity index (χ3v) is 1.57.